The van der Waals surface area contributed by atoms with Gasteiger partial charge in [0.2, 0.25) is 0 Å². The summed E-state index contributed by atoms with van der Waals surface area (Å²) < 4.78 is 1.13. The number of halogens is 1. The molecule has 106 valence electrons. The zero-order valence-electron chi connectivity index (χ0n) is 11.9. The molecule has 0 spiro atoms. The molecular formula is C17H20BrNS. The van der Waals surface area contributed by atoms with Crippen molar-refractivity contribution >= 4 is 27.7 Å². The zero-order valence-corrected chi connectivity index (χ0v) is 14.3. The van der Waals surface area contributed by atoms with Crippen LogP contribution in [0.4, 0.5) is 0 Å². The average molecular weight is 350 g/mol. The minimum absolute atomic E-state index is 0.406. The monoisotopic (exact) mass is 349 g/mol. The van der Waals surface area contributed by atoms with Crippen LogP contribution in [0.1, 0.15) is 30.5 Å². The van der Waals surface area contributed by atoms with Gasteiger partial charge in [0.1, 0.15) is 0 Å². The highest BCUT2D eigenvalue weighted by Crippen LogP contribution is 2.20. The number of rotatable bonds is 6. The van der Waals surface area contributed by atoms with Crippen molar-refractivity contribution in [3.05, 3.63) is 64.1 Å². The molecule has 0 amide bonds. The first-order valence-electron chi connectivity index (χ1n) is 6.84. The lowest BCUT2D eigenvalue weighted by atomic mass is 10.0. The van der Waals surface area contributed by atoms with Crippen molar-refractivity contribution in [1.82, 2.24) is 5.32 Å². The molecule has 0 radical (unpaired) electrons. The predicted molar refractivity (Wildman–Crippen MR) is 92.2 cm³/mol. The normalized spacial score (nSPS) is 12.3. The summed E-state index contributed by atoms with van der Waals surface area (Å²) in [7, 11) is 0. The third-order valence-corrected chi connectivity index (χ3v) is 4.66. The van der Waals surface area contributed by atoms with Gasteiger partial charge in [-0.3, -0.25) is 0 Å². The SMILES string of the molecule is CCC(NCc1ccc(SC)cc1)c1ccc(Br)cc1. The van der Waals surface area contributed by atoms with Crippen LogP contribution in [-0.2, 0) is 6.54 Å². The predicted octanol–water partition coefficient (Wildman–Crippen LogP) is 5.41. The highest BCUT2D eigenvalue weighted by atomic mass is 79.9. The van der Waals surface area contributed by atoms with Gasteiger partial charge in [-0.05, 0) is 48.1 Å². The summed E-state index contributed by atoms with van der Waals surface area (Å²) in [6.45, 7) is 3.12. The van der Waals surface area contributed by atoms with Gasteiger partial charge in [-0.25, -0.2) is 0 Å². The summed E-state index contributed by atoms with van der Waals surface area (Å²) >= 11 is 5.26. The molecule has 1 unspecified atom stereocenters. The minimum Gasteiger partial charge on any atom is -0.306 e. The van der Waals surface area contributed by atoms with E-state index in [2.05, 4.69) is 83.0 Å². The van der Waals surface area contributed by atoms with E-state index in [0.717, 1.165) is 17.4 Å². The van der Waals surface area contributed by atoms with Crippen LogP contribution in [0.3, 0.4) is 0 Å². The van der Waals surface area contributed by atoms with E-state index in [0.29, 0.717) is 6.04 Å². The van der Waals surface area contributed by atoms with Crippen LogP contribution in [0.5, 0.6) is 0 Å². The first kappa shape index (κ1) is 15.6. The smallest absolute Gasteiger partial charge is 0.0320 e. The lowest BCUT2D eigenvalue weighted by molar-refractivity contribution is 0.519. The molecule has 0 aliphatic rings. The van der Waals surface area contributed by atoms with Gasteiger partial charge in [-0.2, -0.15) is 0 Å². The molecule has 2 aromatic rings. The Morgan fingerprint density at radius 2 is 1.70 bits per heavy atom. The molecular weight excluding hydrogens is 330 g/mol. The third kappa shape index (κ3) is 4.37. The van der Waals surface area contributed by atoms with Gasteiger partial charge in [0, 0.05) is 22.0 Å². The molecule has 0 aliphatic heterocycles. The molecule has 2 rings (SSSR count). The summed E-state index contributed by atoms with van der Waals surface area (Å²) in [5.74, 6) is 0. The maximum atomic E-state index is 3.64. The van der Waals surface area contributed by atoms with Gasteiger partial charge < -0.3 is 5.32 Å². The Morgan fingerprint density at radius 1 is 1.05 bits per heavy atom. The number of hydrogen-bond acceptors (Lipinski definition) is 2. The number of hydrogen-bond donors (Lipinski definition) is 1. The van der Waals surface area contributed by atoms with Crippen LogP contribution in [0.2, 0.25) is 0 Å². The molecule has 0 bridgehead atoms. The molecule has 20 heavy (non-hydrogen) atoms. The van der Waals surface area contributed by atoms with Crippen molar-refractivity contribution < 1.29 is 0 Å². The quantitative estimate of drug-likeness (QED) is 0.699. The van der Waals surface area contributed by atoms with Crippen molar-refractivity contribution in [2.24, 2.45) is 0 Å². The number of nitrogens with one attached hydrogen (secondary N) is 1. The van der Waals surface area contributed by atoms with E-state index in [-0.39, 0.29) is 0 Å². The van der Waals surface area contributed by atoms with Gasteiger partial charge >= 0.3 is 0 Å². The fourth-order valence-electron chi connectivity index (χ4n) is 2.18. The fourth-order valence-corrected chi connectivity index (χ4v) is 2.85. The molecule has 1 nitrogen and oxygen atoms in total. The number of thioether (sulfide) groups is 1. The Kier molecular flexibility index (Phi) is 6.14. The maximum absolute atomic E-state index is 3.64. The van der Waals surface area contributed by atoms with E-state index < -0.39 is 0 Å². The van der Waals surface area contributed by atoms with Crippen LogP contribution in [0, 0.1) is 0 Å². The fraction of sp³-hybridized carbons (Fsp3) is 0.294. The lowest BCUT2D eigenvalue weighted by Crippen LogP contribution is -2.20. The van der Waals surface area contributed by atoms with E-state index in [9.17, 15) is 0 Å². The summed E-state index contributed by atoms with van der Waals surface area (Å²) in [6, 6.07) is 17.7. The molecule has 1 atom stereocenters. The van der Waals surface area contributed by atoms with Crippen molar-refractivity contribution in [3.63, 3.8) is 0 Å². The van der Waals surface area contributed by atoms with Gasteiger partial charge in [0.05, 0.1) is 0 Å². The van der Waals surface area contributed by atoms with Crippen LogP contribution in [0.15, 0.2) is 57.9 Å². The Labute approximate surface area is 134 Å². The summed E-state index contributed by atoms with van der Waals surface area (Å²) in [5.41, 5.74) is 2.68. The second-order valence-electron chi connectivity index (χ2n) is 4.74. The molecule has 0 fully saturated rings. The summed E-state index contributed by atoms with van der Waals surface area (Å²) in [5, 5.41) is 3.64. The van der Waals surface area contributed by atoms with Crippen LogP contribution < -0.4 is 5.32 Å². The average Bonchev–Trinajstić information content (AvgIpc) is 2.50. The Hall–Kier alpha value is -0.770. The Balaban J connectivity index is 1.97. The third-order valence-electron chi connectivity index (χ3n) is 3.39. The van der Waals surface area contributed by atoms with Crippen molar-refractivity contribution in [3.8, 4) is 0 Å². The molecule has 2 aromatic carbocycles. The van der Waals surface area contributed by atoms with Gasteiger partial charge in [-0.1, -0.05) is 47.1 Å². The topological polar surface area (TPSA) is 12.0 Å². The van der Waals surface area contributed by atoms with E-state index in [4.69, 9.17) is 0 Å². The van der Waals surface area contributed by atoms with Gasteiger partial charge in [-0.15, -0.1) is 11.8 Å². The molecule has 0 heterocycles. The van der Waals surface area contributed by atoms with Gasteiger partial charge in [0.15, 0.2) is 0 Å². The number of benzene rings is 2. The van der Waals surface area contributed by atoms with Gasteiger partial charge in [0.25, 0.3) is 0 Å². The first-order chi connectivity index (χ1) is 9.72. The van der Waals surface area contributed by atoms with E-state index in [1.807, 2.05) is 0 Å². The largest absolute Gasteiger partial charge is 0.306 e. The zero-order chi connectivity index (χ0) is 14.4. The highest BCUT2D eigenvalue weighted by molar-refractivity contribution is 9.10. The Bertz CT molecular complexity index is 522. The van der Waals surface area contributed by atoms with Crippen molar-refractivity contribution in [2.75, 3.05) is 6.26 Å². The molecule has 0 saturated heterocycles. The molecule has 1 N–H and O–H groups in total. The maximum Gasteiger partial charge on any atom is 0.0320 e. The summed E-state index contributed by atoms with van der Waals surface area (Å²) in [4.78, 5) is 1.31. The van der Waals surface area contributed by atoms with Crippen molar-refractivity contribution in [2.45, 2.75) is 30.8 Å². The van der Waals surface area contributed by atoms with Crippen LogP contribution in [0.25, 0.3) is 0 Å². The van der Waals surface area contributed by atoms with E-state index in [1.54, 1.807) is 11.8 Å². The Morgan fingerprint density at radius 3 is 2.25 bits per heavy atom. The van der Waals surface area contributed by atoms with E-state index in [1.165, 1.54) is 16.0 Å². The second kappa shape index (κ2) is 7.87. The summed E-state index contributed by atoms with van der Waals surface area (Å²) in [6.07, 6.45) is 3.19. The standard InChI is InChI=1S/C17H20BrNS/c1-3-17(14-6-8-15(18)9-7-14)19-12-13-4-10-16(20-2)11-5-13/h4-11,17,19H,3,12H2,1-2H3. The highest BCUT2D eigenvalue weighted by Gasteiger charge is 2.08. The second-order valence-corrected chi connectivity index (χ2v) is 6.54. The minimum atomic E-state index is 0.406. The molecule has 0 saturated carbocycles. The molecule has 0 aliphatic carbocycles. The van der Waals surface area contributed by atoms with Crippen LogP contribution in [-0.4, -0.2) is 6.26 Å². The van der Waals surface area contributed by atoms with Crippen molar-refractivity contribution in [1.29, 1.82) is 0 Å². The first-order valence-corrected chi connectivity index (χ1v) is 8.86. The molecule has 0 aromatic heterocycles. The lowest BCUT2D eigenvalue weighted by Gasteiger charge is -2.17. The van der Waals surface area contributed by atoms with Crippen LogP contribution >= 0.6 is 27.7 Å². The van der Waals surface area contributed by atoms with E-state index >= 15 is 0 Å². The molecule has 3 heteroatoms.